The molecule has 1 aliphatic rings. The van der Waals surface area contributed by atoms with Crippen LogP contribution in [0, 0.1) is 17.6 Å². The van der Waals surface area contributed by atoms with E-state index < -0.39 is 11.6 Å². The van der Waals surface area contributed by atoms with Crippen LogP contribution < -0.4 is 5.32 Å². The molecule has 0 spiro atoms. The fourth-order valence-corrected chi connectivity index (χ4v) is 3.93. The second-order valence-electron chi connectivity index (χ2n) is 5.49. The summed E-state index contributed by atoms with van der Waals surface area (Å²) in [6.07, 6.45) is 6.27. The van der Waals surface area contributed by atoms with Crippen molar-refractivity contribution >= 4 is 11.8 Å². The lowest BCUT2D eigenvalue weighted by molar-refractivity contribution is 0.387. The van der Waals surface area contributed by atoms with E-state index in [0.29, 0.717) is 16.9 Å². The predicted octanol–water partition coefficient (Wildman–Crippen LogP) is 4.62. The van der Waals surface area contributed by atoms with Crippen molar-refractivity contribution in [3.63, 3.8) is 0 Å². The van der Waals surface area contributed by atoms with Gasteiger partial charge in [0.15, 0.2) is 0 Å². The average molecular weight is 299 g/mol. The Balaban J connectivity index is 1.93. The Labute approximate surface area is 124 Å². The van der Waals surface area contributed by atoms with Gasteiger partial charge in [0.05, 0.1) is 0 Å². The van der Waals surface area contributed by atoms with Crippen LogP contribution in [0.4, 0.5) is 8.78 Å². The van der Waals surface area contributed by atoms with Crippen molar-refractivity contribution < 1.29 is 8.78 Å². The van der Waals surface area contributed by atoms with Crippen LogP contribution in [0.1, 0.15) is 39.0 Å². The molecule has 1 atom stereocenters. The molecule has 0 amide bonds. The minimum atomic E-state index is -0.511. The fourth-order valence-electron chi connectivity index (χ4n) is 2.82. The number of benzene rings is 1. The summed E-state index contributed by atoms with van der Waals surface area (Å²) < 4.78 is 26.5. The van der Waals surface area contributed by atoms with Gasteiger partial charge in [-0.3, -0.25) is 0 Å². The van der Waals surface area contributed by atoms with Crippen molar-refractivity contribution in [2.45, 2.75) is 50.0 Å². The smallest absolute Gasteiger partial charge is 0.139 e. The van der Waals surface area contributed by atoms with E-state index in [1.807, 2.05) is 0 Å². The van der Waals surface area contributed by atoms with Crippen LogP contribution in [0.15, 0.2) is 23.1 Å². The summed E-state index contributed by atoms with van der Waals surface area (Å²) in [5, 5.41) is 3.60. The highest BCUT2D eigenvalue weighted by atomic mass is 32.2. The molecule has 1 nitrogen and oxygen atoms in total. The maximum Gasteiger partial charge on any atom is 0.139 e. The molecule has 0 heterocycles. The van der Waals surface area contributed by atoms with Crippen molar-refractivity contribution in [2.75, 3.05) is 12.3 Å². The van der Waals surface area contributed by atoms with Crippen molar-refractivity contribution in [3.8, 4) is 0 Å². The number of hydrogen-bond donors (Lipinski definition) is 1. The zero-order valence-electron chi connectivity index (χ0n) is 12.0. The molecule has 0 bridgehead atoms. The molecule has 2 rings (SSSR count). The van der Waals surface area contributed by atoms with Gasteiger partial charge in [-0.2, -0.15) is 0 Å². The Kier molecular flexibility index (Phi) is 6.30. The van der Waals surface area contributed by atoms with E-state index in [9.17, 15) is 8.78 Å². The second kappa shape index (κ2) is 7.99. The van der Waals surface area contributed by atoms with Gasteiger partial charge >= 0.3 is 0 Å². The van der Waals surface area contributed by atoms with Crippen molar-refractivity contribution in [1.29, 1.82) is 0 Å². The summed E-state index contributed by atoms with van der Waals surface area (Å²) in [4.78, 5) is 0.549. The Morgan fingerprint density at radius 2 is 2.05 bits per heavy atom. The second-order valence-corrected chi connectivity index (χ2v) is 6.55. The van der Waals surface area contributed by atoms with Crippen LogP contribution >= 0.6 is 11.8 Å². The molecule has 1 aliphatic carbocycles. The zero-order valence-corrected chi connectivity index (χ0v) is 12.8. The first-order valence-corrected chi connectivity index (χ1v) is 8.50. The number of hydrogen-bond acceptors (Lipinski definition) is 2. The molecule has 1 fully saturated rings. The van der Waals surface area contributed by atoms with E-state index in [2.05, 4.69) is 12.2 Å². The summed E-state index contributed by atoms with van der Waals surface area (Å²) in [5.41, 5.74) is 0. The van der Waals surface area contributed by atoms with Gasteiger partial charge < -0.3 is 5.32 Å². The number of rotatable bonds is 7. The van der Waals surface area contributed by atoms with Crippen LogP contribution in [0.25, 0.3) is 0 Å². The molecule has 4 heteroatoms. The summed E-state index contributed by atoms with van der Waals surface area (Å²) in [7, 11) is 0. The highest BCUT2D eigenvalue weighted by Gasteiger charge is 2.24. The topological polar surface area (TPSA) is 12.0 Å². The van der Waals surface area contributed by atoms with E-state index in [0.717, 1.165) is 24.8 Å². The SMILES string of the molecule is CCCNC(CSc1ccc(F)cc1F)C1CCCC1. The molecule has 0 aromatic heterocycles. The van der Waals surface area contributed by atoms with E-state index in [-0.39, 0.29) is 0 Å². The van der Waals surface area contributed by atoms with Gasteiger partial charge in [-0.25, -0.2) is 8.78 Å². The Morgan fingerprint density at radius 3 is 2.70 bits per heavy atom. The maximum atomic E-state index is 13.6. The largest absolute Gasteiger partial charge is 0.313 e. The van der Waals surface area contributed by atoms with Gasteiger partial charge in [0, 0.05) is 22.8 Å². The molecule has 1 aromatic carbocycles. The molecule has 0 radical (unpaired) electrons. The van der Waals surface area contributed by atoms with Crippen LogP contribution in [0.3, 0.4) is 0 Å². The monoisotopic (exact) mass is 299 g/mol. The molecular formula is C16H23F2NS. The van der Waals surface area contributed by atoms with Gasteiger partial charge in [-0.05, 0) is 43.9 Å². The zero-order chi connectivity index (χ0) is 14.4. The van der Waals surface area contributed by atoms with E-state index >= 15 is 0 Å². The van der Waals surface area contributed by atoms with Crippen molar-refractivity contribution in [2.24, 2.45) is 5.92 Å². The van der Waals surface area contributed by atoms with E-state index in [4.69, 9.17) is 0 Å². The first-order valence-electron chi connectivity index (χ1n) is 7.52. The number of nitrogens with one attached hydrogen (secondary N) is 1. The number of thioether (sulfide) groups is 1. The Hall–Kier alpha value is -0.610. The van der Waals surface area contributed by atoms with Crippen molar-refractivity contribution in [1.82, 2.24) is 5.32 Å². The molecule has 20 heavy (non-hydrogen) atoms. The normalized spacial score (nSPS) is 17.6. The Morgan fingerprint density at radius 1 is 1.30 bits per heavy atom. The summed E-state index contributed by atoms with van der Waals surface area (Å²) in [5.74, 6) is 0.601. The van der Waals surface area contributed by atoms with Crippen LogP contribution in [0.2, 0.25) is 0 Å². The summed E-state index contributed by atoms with van der Waals surface area (Å²) >= 11 is 1.50. The van der Waals surface area contributed by atoms with Crippen molar-refractivity contribution in [3.05, 3.63) is 29.8 Å². The van der Waals surface area contributed by atoms with Gasteiger partial charge in [-0.15, -0.1) is 11.8 Å². The highest BCUT2D eigenvalue weighted by Crippen LogP contribution is 2.31. The highest BCUT2D eigenvalue weighted by molar-refractivity contribution is 7.99. The van der Waals surface area contributed by atoms with E-state index in [1.165, 1.54) is 43.5 Å². The minimum absolute atomic E-state index is 0.437. The van der Waals surface area contributed by atoms with E-state index in [1.54, 1.807) is 6.07 Å². The summed E-state index contributed by atoms with van der Waals surface area (Å²) in [6.45, 7) is 3.17. The quantitative estimate of drug-likeness (QED) is 0.738. The molecule has 1 saturated carbocycles. The van der Waals surface area contributed by atoms with Gasteiger partial charge in [0.1, 0.15) is 11.6 Å². The average Bonchev–Trinajstić information content (AvgIpc) is 2.95. The third-order valence-electron chi connectivity index (χ3n) is 3.94. The number of halogens is 2. The predicted molar refractivity (Wildman–Crippen MR) is 81.1 cm³/mol. The van der Waals surface area contributed by atoms with Crippen LogP contribution in [-0.4, -0.2) is 18.3 Å². The minimum Gasteiger partial charge on any atom is -0.313 e. The van der Waals surface area contributed by atoms with Gasteiger partial charge in [0.2, 0.25) is 0 Å². The maximum absolute atomic E-state index is 13.6. The standard InChI is InChI=1S/C16H23F2NS/c1-2-9-19-15(12-5-3-4-6-12)11-20-16-8-7-13(17)10-14(16)18/h7-8,10,12,15,19H,2-6,9,11H2,1H3. The lowest BCUT2D eigenvalue weighted by Crippen LogP contribution is -2.37. The first-order chi connectivity index (χ1) is 9.70. The molecule has 1 unspecified atom stereocenters. The molecule has 0 aliphatic heterocycles. The fraction of sp³-hybridized carbons (Fsp3) is 0.625. The lowest BCUT2D eigenvalue weighted by atomic mass is 10.00. The lowest BCUT2D eigenvalue weighted by Gasteiger charge is -2.24. The third-order valence-corrected chi connectivity index (χ3v) is 5.11. The van der Waals surface area contributed by atoms with Crippen LogP contribution in [-0.2, 0) is 0 Å². The van der Waals surface area contributed by atoms with Gasteiger partial charge in [-0.1, -0.05) is 19.8 Å². The molecular weight excluding hydrogens is 276 g/mol. The van der Waals surface area contributed by atoms with Crippen LogP contribution in [0.5, 0.6) is 0 Å². The Bertz CT molecular complexity index is 419. The first kappa shape index (κ1) is 15.8. The third kappa shape index (κ3) is 4.45. The molecule has 1 N–H and O–H groups in total. The summed E-state index contributed by atoms with van der Waals surface area (Å²) in [6, 6.07) is 4.27. The molecule has 1 aromatic rings. The van der Waals surface area contributed by atoms with Gasteiger partial charge in [0.25, 0.3) is 0 Å². The molecule has 0 saturated heterocycles. The molecule has 112 valence electrons.